The lowest BCUT2D eigenvalue weighted by molar-refractivity contribution is 0.112. The molecule has 11 heavy (non-hydrogen) atoms. The highest BCUT2D eigenvalue weighted by Gasteiger charge is 2.28. The molecule has 0 unspecified atom stereocenters. The Balaban J connectivity index is 2.44. The predicted octanol–water partition coefficient (Wildman–Crippen LogP) is 1.86. The molecule has 0 spiro atoms. The summed E-state index contributed by atoms with van der Waals surface area (Å²) in [7, 11) is 0. The first-order valence-electron chi connectivity index (χ1n) is 3.52. The first kappa shape index (κ1) is 7.03. The standard InChI is InChI=1S/C7H7BrN2O/c8-7-5(3-11)6(9-10-7)4-1-2-4/h3-4H,1-2H2,(H,9,10). The van der Waals surface area contributed by atoms with Crippen molar-refractivity contribution in [1.82, 2.24) is 10.2 Å². The minimum Gasteiger partial charge on any atom is -0.298 e. The number of aromatic nitrogens is 2. The molecule has 0 bridgehead atoms. The van der Waals surface area contributed by atoms with Crippen LogP contribution in [0.2, 0.25) is 0 Å². The molecule has 0 amide bonds. The Kier molecular flexibility index (Phi) is 1.56. The fourth-order valence-corrected chi connectivity index (χ4v) is 1.53. The van der Waals surface area contributed by atoms with Crippen molar-refractivity contribution >= 4 is 22.2 Å². The van der Waals surface area contributed by atoms with E-state index in [4.69, 9.17) is 0 Å². The molecule has 0 saturated heterocycles. The van der Waals surface area contributed by atoms with E-state index in [1.807, 2.05) is 0 Å². The number of carbonyl (C=O) groups excluding carboxylic acids is 1. The summed E-state index contributed by atoms with van der Waals surface area (Å²) >= 11 is 3.20. The molecule has 1 aliphatic rings. The number of aromatic amines is 1. The molecule has 1 aromatic rings. The molecule has 1 N–H and O–H groups in total. The van der Waals surface area contributed by atoms with Crippen LogP contribution in [0.15, 0.2) is 4.60 Å². The Morgan fingerprint density at radius 2 is 2.36 bits per heavy atom. The molecule has 3 nitrogen and oxygen atoms in total. The van der Waals surface area contributed by atoms with Gasteiger partial charge in [0.05, 0.1) is 5.56 Å². The third-order valence-corrected chi connectivity index (χ3v) is 2.49. The quantitative estimate of drug-likeness (QED) is 0.765. The number of halogens is 1. The van der Waals surface area contributed by atoms with Gasteiger partial charge in [-0.3, -0.25) is 9.89 Å². The Labute approximate surface area is 72.3 Å². The summed E-state index contributed by atoms with van der Waals surface area (Å²) in [5, 5.41) is 6.77. The number of carbonyl (C=O) groups is 1. The maximum Gasteiger partial charge on any atom is 0.154 e. The molecule has 0 radical (unpaired) electrons. The van der Waals surface area contributed by atoms with Gasteiger partial charge in [0.25, 0.3) is 0 Å². The first-order chi connectivity index (χ1) is 5.33. The van der Waals surface area contributed by atoms with Crippen molar-refractivity contribution < 1.29 is 4.79 Å². The predicted molar refractivity (Wildman–Crippen MR) is 43.7 cm³/mol. The highest BCUT2D eigenvalue weighted by molar-refractivity contribution is 9.10. The normalized spacial score (nSPS) is 16.8. The van der Waals surface area contributed by atoms with E-state index in [1.54, 1.807) is 0 Å². The summed E-state index contributed by atoms with van der Waals surface area (Å²) in [6, 6.07) is 0. The van der Waals surface area contributed by atoms with Crippen LogP contribution in [0, 0.1) is 0 Å². The molecule has 0 atom stereocenters. The van der Waals surface area contributed by atoms with E-state index in [0.29, 0.717) is 16.1 Å². The summed E-state index contributed by atoms with van der Waals surface area (Å²) < 4.78 is 0.634. The molecule has 1 heterocycles. The lowest BCUT2D eigenvalue weighted by Gasteiger charge is -1.90. The van der Waals surface area contributed by atoms with Crippen LogP contribution in [0.1, 0.15) is 34.8 Å². The molecular weight excluding hydrogens is 208 g/mol. The Morgan fingerprint density at radius 3 is 2.91 bits per heavy atom. The molecular formula is C7H7BrN2O. The summed E-state index contributed by atoms with van der Waals surface area (Å²) in [5.41, 5.74) is 1.68. The fourth-order valence-electron chi connectivity index (χ4n) is 1.14. The minimum atomic E-state index is 0.550. The van der Waals surface area contributed by atoms with E-state index >= 15 is 0 Å². The van der Waals surface area contributed by atoms with Crippen molar-refractivity contribution in [3.8, 4) is 0 Å². The van der Waals surface area contributed by atoms with Crippen LogP contribution in [-0.4, -0.2) is 16.5 Å². The fraction of sp³-hybridized carbons (Fsp3) is 0.429. The maximum absolute atomic E-state index is 10.6. The average molecular weight is 215 g/mol. The van der Waals surface area contributed by atoms with Crippen LogP contribution in [0.5, 0.6) is 0 Å². The van der Waals surface area contributed by atoms with Gasteiger partial charge in [0, 0.05) is 11.6 Å². The van der Waals surface area contributed by atoms with Gasteiger partial charge in [-0.05, 0) is 28.8 Å². The van der Waals surface area contributed by atoms with E-state index in [2.05, 4.69) is 26.1 Å². The molecule has 0 aliphatic heterocycles. The van der Waals surface area contributed by atoms with Crippen LogP contribution >= 0.6 is 15.9 Å². The van der Waals surface area contributed by atoms with Gasteiger partial charge >= 0.3 is 0 Å². The van der Waals surface area contributed by atoms with Gasteiger partial charge in [-0.25, -0.2) is 0 Å². The van der Waals surface area contributed by atoms with Crippen molar-refractivity contribution in [2.75, 3.05) is 0 Å². The van der Waals surface area contributed by atoms with Gasteiger partial charge in [0.15, 0.2) is 6.29 Å². The van der Waals surface area contributed by atoms with Gasteiger partial charge in [0.1, 0.15) is 4.60 Å². The van der Waals surface area contributed by atoms with Crippen molar-refractivity contribution in [2.45, 2.75) is 18.8 Å². The summed E-state index contributed by atoms with van der Waals surface area (Å²) in [6.45, 7) is 0. The number of nitrogens with zero attached hydrogens (tertiary/aromatic N) is 1. The average Bonchev–Trinajstić information content (AvgIpc) is 2.76. The highest BCUT2D eigenvalue weighted by atomic mass is 79.9. The second-order valence-electron chi connectivity index (χ2n) is 2.73. The van der Waals surface area contributed by atoms with E-state index in [-0.39, 0.29) is 0 Å². The van der Waals surface area contributed by atoms with Crippen LogP contribution in [-0.2, 0) is 0 Å². The molecule has 1 aromatic heterocycles. The van der Waals surface area contributed by atoms with Crippen LogP contribution in [0.3, 0.4) is 0 Å². The lowest BCUT2D eigenvalue weighted by Crippen LogP contribution is -1.86. The van der Waals surface area contributed by atoms with Gasteiger partial charge in [0.2, 0.25) is 0 Å². The number of hydrogen-bond acceptors (Lipinski definition) is 2. The maximum atomic E-state index is 10.6. The molecule has 1 fully saturated rings. The van der Waals surface area contributed by atoms with Gasteiger partial charge in [-0.1, -0.05) is 0 Å². The summed E-state index contributed by atoms with van der Waals surface area (Å²) in [6.07, 6.45) is 3.20. The largest absolute Gasteiger partial charge is 0.298 e. The molecule has 2 rings (SSSR count). The number of hydrogen-bond donors (Lipinski definition) is 1. The number of rotatable bonds is 2. The highest BCUT2D eigenvalue weighted by Crippen LogP contribution is 2.41. The second-order valence-corrected chi connectivity index (χ2v) is 3.49. The first-order valence-corrected chi connectivity index (χ1v) is 4.31. The van der Waals surface area contributed by atoms with Crippen molar-refractivity contribution in [3.63, 3.8) is 0 Å². The lowest BCUT2D eigenvalue weighted by atomic mass is 10.2. The number of aldehydes is 1. The Hall–Kier alpha value is -0.640. The van der Waals surface area contributed by atoms with Crippen molar-refractivity contribution in [2.24, 2.45) is 0 Å². The third-order valence-electron chi connectivity index (χ3n) is 1.89. The number of nitrogens with one attached hydrogen (secondary N) is 1. The molecule has 0 aromatic carbocycles. The van der Waals surface area contributed by atoms with Crippen molar-refractivity contribution in [3.05, 3.63) is 15.9 Å². The smallest absolute Gasteiger partial charge is 0.154 e. The van der Waals surface area contributed by atoms with Crippen molar-refractivity contribution in [1.29, 1.82) is 0 Å². The SMILES string of the molecule is O=Cc1c(Br)n[nH]c1C1CC1. The molecule has 4 heteroatoms. The Morgan fingerprint density at radius 1 is 1.64 bits per heavy atom. The van der Waals surface area contributed by atoms with Gasteiger partial charge < -0.3 is 0 Å². The zero-order valence-corrected chi connectivity index (χ0v) is 7.39. The van der Waals surface area contributed by atoms with E-state index in [0.717, 1.165) is 12.0 Å². The monoisotopic (exact) mass is 214 g/mol. The summed E-state index contributed by atoms with van der Waals surface area (Å²) in [4.78, 5) is 10.6. The minimum absolute atomic E-state index is 0.550. The van der Waals surface area contributed by atoms with Crippen LogP contribution < -0.4 is 0 Å². The van der Waals surface area contributed by atoms with Crippen LogP contribution in [0.4, 0.5) is 0 Å². The molecule has 58 valence electrons. The van der Waals surface area contributed by atoms with Gasteiger partial charge in [-0.2, -0.15) is 5.10 Å². The van der Waals surface area contributed by atoms with E-state index in [1.165, 1.54) is 12.8 Å². The zero-order valence-electron chi connectivity index (χ0n) is 5.80. The molecule has 1 aliphatic carbocycles. The van der Waals surface area contributed by atoms with E-state index in [9.17, 15) is 4.79 Å². The number of H-pyrrole nitrogens is 1. The third kappa shape index (κ3) is 1.11. The van der Waals surface area contributed by atoms with Gasteiger partial charge in [-0.15, -0.1) is 0 Å². The second kappa shape index (κ2) is 2.44. The van der Waals surface area contributed by atoms with Crippen LogP contribution in [0.25, 0.3) is 0 Å². The Bertz CT molecular complexity index is 291. The zero-order chi connectivity index (χ0) is 7.84. The molecule has 1 saturated carbocycles. The van der Waals surface area contributed by atoms with E-state index < -0.39 is 0 Å². The topological polar surface area (TPSA) is 45.8 Å². The summed E-state index contributed by atoms with van der Waals surface area (Å²) in [5.74, 6) is 0.550.